The number of nitrogens with one attached hydrogen (secondary N) is 1. The van der Waals surface area contributed by atoms with E-state index in [1.807, 2.05) is 6.92 Å². The maximum atomic E-state index is 12.4. The molecule has 1 fully saturated rings. The number of carbonyl (C=O) groups excluding carboxylic acids is 2. The molecular formula is C17H31NO3. The van der Waals surface area contributed by atoms with Crippen molar-refractivity contribution < 1.29 is 14.3 Å². The van der Waals surface area contributed by atoms with Crippen molar-refractivity contribution in [2.75, 3.05) is 7.11 Å². The topological polar surface area (TPSA) is 55.4 Å². The van der Waals surface area contributed by atoms with Crippen LogP contribution in [0.15, 0.2) is 0 Å². The van der Waals surface area contributed by atoms with E-state index in [2.05, 4.69) is 12.2 Å². The average molecular weight is 297 g/mol. The highest BCUT2D eigenvalue weighted by Gasteiger charge is 2.29. The molecule has 1 N–H and O–H groups in total. The third kappa shape index (κ3) is 6.06. The summed E-state index contributed by atoms with van der Waals surface area (Å²) in [6.07, 6.45) is 9.77. The van der Waals surface area contributed by atoms with Crippen molar-refractivity contribution in [1.82, 2.24) is 5.32 Å². The largest absolute Gasteiger partial charge is 0.467 e. The van der Waals surface area contributed by atoms with Gasteiger partial charge in [-0.3, -0.25) is 4.79 Å². The van der Waals surface area contributed by atoms with Crippen LogP contribution in [0.5, 0.6) is 0 Å². The van der Waals surface area contributed by atoms with Gasteiger partial charge in [0.25, 0.3) is 0 Å². The molecule has 0 heterocycles. The summed E-state index contributed by atoms with van der Waals surface area (Å²) < 4.78 is 4.82. The Balaban J connectivity index is 2.50. The number of carbonyl (C=O) groups is 2. The Morgan fingerprint density at radius 1 is 1.19 bits per heavy atom. The molecule has 0 aromatic heterocycles. The van der Waals surface area contributed by atoms with E-state index in [0.717, 1.165) is 32.1 Å². The number of rotatable bonds is 8. The summed E-state index contributed by atoms with van der Waals surface area (Å²) in [4.78, 5) is 24.2. The highest BCUT2D eigenvalue weighted by molar-refractivity contribution is 5.85. The van der Waals surface area contributed by atoms with Crippen LogP contribution in [-0.4, -0.2) is 25.0 Å². The Kier molecular flexibility index (Phi) is 8.40. The first-order valence-electron chi connectivity index (χ1n) is 8.48. The minimum Gasteiger partial charge on any atom is -0.467 e. The third-order valence-corrected chi connectivity index (χ3v) is 4.67. The van der Waals surface area contributed by atoms with Crippen molar-refractivity contribution in [1.29, 1.82) is 0 Å². The molecular weight excluding hydrogens is 266 g/mol. The van der Waals surface area contributed by atoms with Crippen molar-refractivity contribution >= 4 is 11.9 Å². The fraction of sp³-hybridized carbons (Fsp3) is 0.882. The fourth-order valence-corrected chi connectivity index (χ4v) is 3.14. The molecule has 4 nitrogen and oxygen atoms in total. The summed E-state index contributed by atoms with van der Waals surface area (Å²) in [5, 5.41) is 2.91. The molecule has 0 aromatic carbocycles. The first-order chi connectivity index (χ1) is 10.1. The number of esters is 1. The van der Waals surface area contributed by atoms with Crippen molar-refractivity contribution in [3.8, 4) is 0 Å². The van der Waals surface area contributed by atoms with E-state index in [1.165, 1.54) is 26.4 Å². The molecule has 0 bridgehead atoms. The lowest BCUT2D eigenvalue weighted by atomic mass is 9.80. The maximum absolute atomic E-state index is 12.4. The van der Waals surface area contributed by atoms with Crippen molar-refractivity contribution in [2.45, 2.75) is 77.7 Å². The van der Waals surface area contributed by atoms with E-state index in [-0.39, 0.29) is 17.8 Å². The summed E-state index contributed by atoms with van der Waals surface area (Å²) in [6.45, 7) is 4.11. The highest BCUT2D eigenvalue weighted by Crippen LogP contribution is 2.30. The van der Waals surface area contributed by atoms with Gasteiger partial charge in [0.15, 0.2) is 0 Å². The third-order valence-electron chi connectivity index (χ3n) is 4.67. The summed E-state index contributed by atoms with van der Waals surface area (Å²) in [5.74, 6) is 0.139. The Labute approximate surface area is 129 Å². The van der Waals surface area contributed by atoms with Gasteiger partial charge in [-0.15, -0.1) is 0 Å². The number of hydrogen-bond donors (Lipinski definition) is 1. The molecule has 1 amide bonds. The Morgan fingerprint density at radius 3 is 2.43 bits per heavy atom. The van der Waals surface area contributed by atoms with Crippen LogP contribution < -0.4 is 5.32 Å². The molecule has 2 unspecified atom stereocenters. The molecule has 0 saturated heterocycles. The van der Waals surface area contributed by atoms with Gasteiger partial charge in [-0.1, -0.05) is 52.4 Å². The normalized spacial score (nSPS) is 18.8. The summed E-state index contributed by atoms with van der Waals surface area (Å²) >= 11 is 0. The second-order valence-corrected chi connectivity index (χ2v) is 6.27. The molecule has 4 heteroatoms. The minimum atomic E-state index is -0.486. The van der Waals surface area contributed by atoms with Crippen LogP contribution in [0.4, 0.5) is 0 Å². The summed E-state index contributed by atoms with van der Waals surface area (Å²) in [6, 6.07) is -0.486. The van der Waals surface area contributed by atoms with Crippen LogP contribution >= 0.6 is 0 Å². The summed E-state index contributed by atoms with van der Waals surface area (Å²) in [7, 11) is 1.38. The van der Waals surface area contributed by atoms with Crippen LogP contribution in [0.3, 0.4) is 0 Å². The number of unbranched alkanes of at least 4 members (excludes halogenated alkanes) is 2. The van der Waals surface area contributed by atoms with Gasteiger partial charge in [0.1, 0.15) is 6.04 Å². The Bertz CT molecular complexity index is 324. The van der Waals surface area contributed by atoms with Gasteiger partial charge in [0.2, 0.25) is 5.91 Å². The van der Waals surface area contributed by atoms with Crippen molar-refractivity contribution in [3.05, 3.63) is 0 Å². The first kappa shape index (κ1) is 18.0. The lowest BCUT2D eigenvalue weighted by molar-refractivity contribution is -0.146. The second-order valence-electron chi connectivity index (χ2n) is 6.27. The maximum Gasteiger partial charge on any atom is 0.328 e. The average Bonchev–Trinajstić information content (AvgIpc) is 2.53. The monoisotopic (exact) mass is 297 g/mol. The number of hydrogen-bond acceptors (Lipinski definition) is 3. The molecule has 2 atom stereocenters. The van der Waals surface area contributed by atoms with Gasteiger partial charge in [0, 0.05) is 5.92 Å². The zero-order chi connectivity index (χ0) is 15.7. The van der Waals surface area contributed by atoms with Crippen LogP contribution in [0, 0.1) is 11.8 Å². The lowest BCUT2D eigenvalue weighted by Crippen LogP contribution is -2.45. The molecule has 21 heavy (non-hydrogen) atoms. The minimum absolute atomic E-state index is 0.00815. The molecule has 122 valence electrons. The zero-order valence-corrected chi connectivity index (χ0v) is 13.8. The molecule has 1 saturated carbocycles. The Morgan fingerprint density at radius 2 is 1.86 bits per heavy atom. The summed E-state index contributed by atoms with van der Waals surface area (Å²) in [5.41, 5.74) is 0. The molecule has 0 radical (unpaired) electrons. The zero-order valence-electron chi connectivity index (χ0n) is 13.8. The molecule has 0 aromatic rings. The SMILES string of the molecule is CCCCCC(NC(=O)C(C)C1CCCCC1)C(=O)OC. The molecule has 1 rings (SSSR count). The Hall–Kier alpha value is -1.06. The van der Waals surface area contributed by atoms with Gasteiger partial charge in [-0.2, -0.15) is 0 Å². The van der Waals surface area contributed by atoms with E-state index < -0.39 is 6.04 Å². The predicted molar refractivity (Wildman–Crippen MR) is 83.8 cm³/mol. The molecule has 0 aliphatic heterocycles. The van der Waals surface area contributed by atoms with E-state index in [4.69, 9.17) is 4.74 Å². The lowest BCUT2D eigenvalue weighted by Gasteiger charge is -2.28. The van der Waals surface area contributed by atoms with E-state index in [0.29, 0.717) is 12.3 Å². The van der Waals surface area contributed by atoms with Crippen molar-refractivity contribution in [3.63, 3.8) is 0 Å². The van der Waals surface area contributed by atoms with Gasteiger partial charge >= 0.3 is 5.97 Å². The molecule has 0 spiro atoms. The van der Waals surface area contributed by atoms with E-state index in [1.54, 1.807) is 0 Å². The fourth-order valence-electron chi connectivity index (χ4n) is 3.14. The number of ether oxygens (including phenoxy) is 1. The first-order valence-corrected chi connectivity index (χ1v) is 8.48. The van der Waals surface area contributed by atoms with Crippen molar-refractivity contribution in [2.24, 2.45) is 11.8 Å². The highest BCUT2D eigenvalue weighted by atomic mass is 16.5. The van der Waals surface area contributed by atoms with Crippen LogP contribution in [0.1, 0.15) is 71.6 Å². The number of methoxy groups -OCH3 is 1. The van der Waals surface area contributed by atoms with Gasteiger partial charge in [-0.25, -0.2) is 4.79 Å². The quantitative estimate of drug-likeness (QED) is 0.551. The van der Waals surface area contributed by atoms with Gasteiger partial charge in [0.05, 0.1) is 7.11 Å². The van der Waals surface area contributed by atoms with Gasteiger partial charge in [-0.05, 0) is 25.2 Å². The molecule has 1 aliphatic rings. The second kappa shape index (κ2) is 9.80. The number of amides is 1. The standard InChI is InChI=1S/C17H31NO3/c1-4-5-7-12-15(17(20)21-3)18-16(19)13(2)14-10-8-6-9-11-14/h13-15H,4-12H2,1-3H3,(H,18,19). The van der Waals surface area contributed by atoms with Crippen LogP contribution in [0.2, 0.25) is 0 Å². The van der Waals surface area contributed by atoms with E-state index >= 15 is 0 Å². The smallest absolute Gasteiger partial charge is 0.328 e. The van der Waals surface area contributed by atoms with Crippen LogP contribution in [0.25, 0.3) is 0 Å². The van der Waals surface area contributed by atoms with Gasteiger partial charge < -0.3 is 10.1 Å². The molecule has 1 aliphatic carbocycles. The van der Waals surface area contributed by atoms with Crippen LogP contribution in [-0.2, 0) is 14.3 Å². The van der Waals surface area contributed by atoms with E-state index in [9.17, 15) is 9.59 Å². The predicted octanol–water partition coefficient (Wildman–Crippen LogP) is 3.44.